The molecule has 4 nitrogen and oxygen atoms in total. The number of nitrogens with one attached hydrogen (secondary N) is 1. The smallest absolute Gasteiger partial charge is 0.222 e. The molecule has 0 aliphatic carbocycles. The molecule has 118 valence electrons. The molecule has 0 saturated heterocycles. The van der Waals surface area contributed by atoms with Gasteiger partial charge in [0.15, 0.2) is 0 Å². The molecule has 1 aromatic rings. The van der Waals surface area contributed by atoms with Gasteiger partial charge in [0.05, 0.1) is 7.11 Å². The van der Waals surface area contributed by atoms with Crippen molar-refractivity contribution in [3.05, 3.63) is 29.8 Å². The van der Waals surface area contributed by atoms with E-state index in [9.17, 15) is 4.79 Å². The second-order valence-corrected chi connectivity index (χ2v) is 5.66. The Morgan fingerprint density at radius 1 is 1.29 bits per heavy atom. The van der Waals surface area contributed by atoms with E-state index in [1.165, 1.54) is 0 Å². The van der Waals surface area contributed by atoms with Gasteiger partial charge in [-0.3, -0.25) is 4.79 Å². The van der Waals surface area contributed by atoms with Crippen LogP contribution in [0.5, 0.6) is 5.75 Å². The minimum atomic E-state index is 0.0430. The molecule has 2 unspecified atom stereocenters. The number of para-hydroxylation sites is 1. The highest BCUT2D eigenvalue weighted by Gasteiger charge is 2.12. The molecule has 1 aromatic carbocycles. The van der Waals surface area contributed by atoms with Crippen molar-refractivity contribution >= 4 is 5.91 Å². The minimum Gasteiger partial charge on any atom is -0.496 e. The lowest BCUT2D eigenvalue weighted by molar-refractivity contribution is -0.124. The molecule has 2 atom stereocenters. The number of ether oxygens (including phenoxy) is 1. The molecule has 0 spiro atoms. The first-order valence-electron chi connectivity index (χ1n) is 7.69. The largest absolute Gasteiger partial charge is 0.496 e. The summed E-state index contributed by atoms with van der Waals surface area (Å²) in [7, 11) is 1.66. The molecule has 4 heteroatoms. The molecule has 0 heterocycles. The second-order valence-electron chi connectivity index (χ2n) is 5.66. The van der Waals surface area contributed by atoms with Gasteiger partial charge < -0.3 is 15.8 Å². The third-order valence-electron chi connectivity index (χ3n) is 3.63. The summed E-state index contributed by atoms with van der Waals surface area (Å²) in [5.41, 5.74) is 6.83. The lowest BCUT2D eigenvalue weighted by Gasteiger charge is -2.13. The third-order valence-corrected chi connectivity index (χ3v) is 3.63. The van der Waals surface area contributed by atoms with Gasteiger partial charge in [0.25, 0.3) is 0 Å². The standard InChI is InChI=1S/C17H28N2O2/c1-13(7-6-8-14(2)18)17(20)19-12-11-15-9-4-5-10-16(15)21-3/h4-5,9-10,13-14H,6-8,11-12,18H2,1-3H3,(H,19,20). The molecule has 0 saturated carbocycles. The first-order chi connectivity index (χ1) is 10.0. The first-order valence-corrected chi connectivity index (χ1v) is 7.69. The zero-order chi connectivity index (χ0) is 15.7. The highest BCUT2D eigenvalue weighted by atomic mass is 16.5. The van der Waals surface area contributed by atoms with E-state index in [1.807, 2.05) is 38.1 Å². The van der Waals surface area contributed by atoms with Crippen molar-refractivity contribution in [2.45, 2.75) is 45.6 Å². The summed E-state index contributed by atoms with van der Waals surface area (Å²) in [6.07, 6.45) is 3.64. The summed E-state index contributed by atoms with van der Waals surface area (Å²) in [5, 5.41) is 2.99. The highest BCUT2D eigenvalue weighted by molar-refractivity contribution is 5.78. The number of nitrogens with two attached hydrogens (primary N) is 1. The zero-order valence-corrected chi connectivity index (χ0v) is 13.4. The van der Waals surface area contributed by atoms with Crippen molar-refractivity contribution in [1.82, 2.24) is 5.32 Å². The molecule has 0 aliphatic rings. The van der Waals surface area contributed by atoms with Crippen molar-refractivity contribution in [3.63, 3.8) is 0 Å². The Kier molecular flexibility index (Phi) is 7.83. The number of benzene rings is 1. The molecule has 0 bridgehead atoms. The van der Waals surface area contributed by atoms with Crippen LogP contribution in [-0.2, 0) is 11.2 Å². The number of hydrogen-bond acceptors (Lipinski definition) is 3. The highest BCUT2D eigenvalue weighted by Crippen LogP contribution is 2.17. The van der Waals surface area contributed by atoms with Gasteiger partial charge in [-0.05, 0) is 37.8 Å². The third kappa shape index (κ3) is 6.63. The fourth-order valence-electron chi connectivity index (χ4n) is 2.28. The van der Waals surface area contributed by atoms with Crippen molar-refractivity contribution in [2.75, 3.05) is 13.7 Å². The average Bonchev–Trinajstić information content (AvgIpc) is 2.47. The molecule has 1 amide bonds. The Morgan fingerprint density at radius 2 is 2.00 bits per heavy atom. The fraction of sp³-hybridized carbons (Fsp3) is 0.588. The van der Waals surface area contributed by atoms with Crippen LogP contribution in [-0.4, -0.2) is 25.6 Å². The van der Waals surface area contributed by atoms with Crippen LogP contribution in [0.4, 0.5) is 0 Å². The van der Waals surface area contributed by atoms with Crippen LogP contribution in [0.15, 0.2) is 24.3 Å². The molecule has 1 rings (SSSR count). The maximum Gasteiger partial charge on any atom is 0.222 e. The Labute approximate surface area is 128 Å². The lowest BCUT2D eigenvalue weighted by atomic mass is 10.0. The zero-order valence-electron chi connectivity index (χ0n) is 13.4. The lowest BCUT2D eigenvalue weighted by Crippen LogP contribution is -2.31. The molecule has 0 aromatic heterocycles. The van der Waals surface area contributed by atoms with Gasteiger partial charge in [-0.1, -0.05) is 31.5 Å². The van der Waals surface area contributed by atoms with E-state index in [-0.39, 0.29) is 17.9 Å². The Hall–Kier alpha value is -1.55. The number of hydrogen-bond donors (Lipinski definition) is 2. The summed E-state index contributed by atoms with van der Waals surface area (Å²) in [5.74, 6) is 1.03. The molecule has 3 N–H and O–H groups in total. The van der Waals surface area contributed by atoms with Gasteiger partial charge >= 0.3 is 0 Å². The predicted molar refractivity (Wildman–Crippen MR) is 86.4 cm³/mol. The molecular weight excluding hydrogens is 264 g/mol. The Morgan fingerprint density at radius 3 is 2.67 bits per heavy atom. The van der Waals surface area contributed by atoms with Gasteiger partial charge in [-0.25, -0.2) is 0 Å². The van der Waals surface area contributed by atoms with Crippen LogP contribution >= 0.6 is 0 Å². The predicted octanol–water partition coefficient (Wildman–Crippen LogP) is 2.51. The molecule has 21 heavy (non-hydrogen) atoms. The van der Waals surface area contributed by atoms with Gasteiger partial charge in [0.1, 0.15) is 5.75 Å². The van der Waals surface area contributed by atoms with Crippen LogP contribution in [0.3, 0.4) is 0 Å². The Bertz CT molecular complexity index is 433. The van der Waals surface area contributed by atoms with Gasteiger partial charge in [0.2, 0.25) is 5.91 Å². The SMILES string of the molecule is COc1ccccc1CCNC(=O)C(C)CCCC(C)N. The van der Waals surface area contributed by atoms with Gasteiger partial charge in [0, 0.05) is 18.5 Å². The summed E-state index contributed by atoms with van der Waals surface area (Å²) in [6.45, 7) is 4.61. The van der Waals surface area contributed by atoms with Crippen LogP contribution < -0.4 is 15.8 Å². The van der Waals surface area contributed by atoms with Gasteiger partial charge in [-0.2, -0.15) is 0 Å². The maximum atomic E-state index is 12.0. The summed E-state index contributed by atoms with van der Waals surface area (Å²) in [4.78, 5) is 12.0. The maximum absolute atomic E-state index is 12.0. The number of methoxy groups -OCH3 is 1. The fourth-order valence-corrected chi connectivity index (χ4v) is 2.28. The first kappa shape index (κ1) is 17.5. The quantitative estimate of drug-likeness (QED) is 0.735. The van der Waals surface area contributed by atoms with Crippen LogP contribution in [0.1, 0.15) is 38.7 Å². The monoisotopic (exact) mass is 292 g/mol. The molecular formula is C17H28N2O2. The second kappa shape index (κ2) is 9.40. The van der Waals surface area contributed by atoms with Gasteiger partial charge in [-0.15, -0.1) is 0 Å². The number of amides is 1. The van der Waals surface area contributed by atoms with Crippen molar-refractivity contribution in [1.29, 1.82) is 0 Å². The van der Waals surface area contributed by atoms with E-state index in [2.05, 4.69) is 5.32 Å². The van der Waals surface area contributed by atoms with E-state index < -0.39 is 0 Å². The van der Waals surface area contributed by atoms with E-state index in [1.54, 1.807) is 7.11 Å². The average molecular weight is 292 g/mol. The van der Waals surface area contributed by atoms with E-state index in [0.29, 0.717) is 6.54 Å². The van der Waals surface area contributed by atoms with Crippen LogP contribution in [0.25, 0.3) is 0 Å². The topological polar surface area (TPSA) is 64.3 Å². The number of carbonyl (C=O) groups is 1. The number of carbonyl (C=O) groups excluding carboxylic acids is 1. The van der Waals surface area contributed by atoms with Crippen molar-refractivity contribution < 1.29 is 9.53 Å². The normalized spacial score (nSPS) is 13.5. The Balaban J connectivity index is 2.29. The van der Waals surface area contributed by atoms with E-state index in [0.717, 1.165) is 37.0 Å². The molecule has 0 radical (unpaired) electrons. The minimum absolute atomic E-state index is 0.0430. The van der Waals surface area contributed by atoms with Crippen LogP contribution in [0, 0.1) is 5.92 Å². The van der Waals surface area contributed by atoms with E-state index in [4.69, 9.17) is 10.5 Å². The molecule has 0 aliphatic heterocycles. The van der Waals surface area contributed by atoms with Crippen molar-refractivity contribution in [3.8, 4) is 5.75 Å². The van der Waals surface area contributed by atoms with Crippen LogP contribution in [0.2, 0.25) is 0 Å². The van der Waals surface area contributed by atoms with E-state index >= 15 is 0 Å². The summed E-state index contributed by atoms with van der Waals surface area (Å²) in [6, 6.07) is 8.11. The molecule has 0 fully saturated rings. The van der Waals surface area contributed by atoms with Crippen molar-refractivity contribution in [2.24, 2.45) is 11.7 Å². The number of rotatable bonds is 9. The summed E-state index contributed by atoms with van der Waals surface area (Å²) >= 11 is 0. The summed E-state index contributed by atoms with van der Waals surface area (Å²) < 4.78 is 5.30.